The van der Waals surface area contributed by atoms with Gasteiger partial charge in [0, 0.05) is 22.6 Å². The largest absolute Gasteiger partial charge is 0.451 e. The van der Waals surface area contributed by atoms with Crippen LogP contribution in [-0.4, -0.2) is 44.5 Å². The van der Waals surface area contributed by atoms with E-state index < -0.39 is 34.5 Å². The fourth-order valence-corrected chi connectivity index (χ4v) is 4.37. The van der Waals surface area contributed by atoms with Crippen molar-refractivity contribution in [3.63, 3.8) is 0 Å². The lowest BCUT2D eigenvalue weighted by atomic mass is 10.1. The molecule has 8 nitrogen and oxygen atoms in total. The Hall–Kier alpha value is -3.57. The van der Waals surface area contributed by atoms with E-state index in [1.165, 1.54) is 50.4 Å². The molecule has 1 heterocycles. The zero-order valence-corrected chi connectivity index (χ0v) is 20.2. The summed E-state index contributed by atoms with van der Waals surface area (Å²) in [5.74, 6) is -1.29. The predicted molar refractivity (Wildman–Crippen MR) is 124 cm³/mol. The van der Waals surface area contributed by atoms with E-state index in [-0.39, 0.29) is 16.2 Å². The van der Waals surface area contributed by atoms with Gasteiger partial charge in [-0.15, -0.1) is 0 Å². The molecule has 35 heavy (non-hydrogen) atoms. The zero-order valence-electron chi connectivity index (χ0n) is 19.4. The summed E-state index contributed by atoms with van der Waals surface area (Å²) in [7, 11) is -2.50. The quantitative estimate of drug-likeness (QED) is 0.347. The summed E-state index contributed by atoms with van der Waals surface area (Å²) >= 11 is 0. The zero-order chi connectivity index (χ0) is 25.9. The molecule has 0 saturated heterocycles. The number of alkyl halides is 2. The molecule has 0 spiro atoms. The van der Waals surface area contributed by atoms with Crippen LogP contribution in [-0.2, 0) is 14.8 Å². The van der Waals surface area contributed by atoms with E-state index in [9.17, 15) is 26.8 Å². The van der Waals surface area contributed by atoms with Gasteiger partial charge in [-0.3, -0.25) is 4.79 Å². The van der Waals surface area contributed by atoms with Crippen LogP contribution in [0.5, 0.6) is 5.75 Å². The van der Waals surface area contributed by atoms with E-state index in [1.54, 1.807) is 36.6 Å². The van der Waals surface area contributed by atoms with Crippen LogP contribution in [0.4, 0.5) is 8.78 Å². The Labute approximate surface area is 201 Å². The molecule has 1 atom stereocenters. The molecule has 0 unspecified atom stereocenters. The number of benzene rings is 2. The molecular weight excluding hydrogens is 482 g/mol. The van der Waals surface area contributed by atoms with Crippen LogP contribution < -0.4 is 9.46 Å². The van der Waals surface area contributed by atoms with Crippen molar-refractivity contribution in [3.05, 3.63) is 77.1 Å². The van der Waals surface area contributed by atoms with Crippen molar-refractivity contribution in [1.82, 2.24) is 9.29 Å². The summed E-state index contributed by atoms with van der Waals surface area (Å²) in [5, 5.41) is 0. The van der Waals surface area contributed by atoms with Crippen LogP contribution in [0.3, 0.4) is 0 Å². The Bertz CT molecular complexity index is 1350. The van der Waals surface area contributed by atoms with Crippen LogP contribution in [0, 0.1) is 13.8 Å². The predicted octanol–water partition coefficient (Wildman–Crippen LogP) is 4.03. The molecule has 3 aromatic rings. The first kappa shape index (κ1) is 26.0. The summed E-state index contributed by atoms with van der Waals surface area (Å²) in [6.07, 6.45) is -1.15. The normalized spacial score (nSPS) is 12.4. The molecule has 2 aromatic carbocycles. The number of nitrogens with zero attached hydrogens (tertiary/aromatic N) is 1. The first-order valence-electron chi connectivity index (χ1n) is 10.5. The second-order valence-electron chi connectivity index (χ2n) is 7.64. The molecule has 0 saturated carbocycles. The summed E-state index contributed by atoms with van der Waals surface area (Å²) in [6.45, 7) is 1.98. The second kappa shape index (κ2) is 10.4. The molecule has 0 radical (unpaired) electrons. The van der Waals surface area contributed by atoms with Gasteiger partial charge in [0.15, 0.2) is 6.10 Å². The number of ether oxygens (including phenoxy) is 2. The monoisotopic (exact) mass is 506 g/mol. The fourth-order valence-electron chi connectivity index (χ4n) is 3.60. The van der Waals surface area contributed by atoms with E-state index in [4.69, 9.17) is 4.74 Å². The maximum atomic E-state index is 13.1. The Morgan fingerprint density at radius 2 is 1.69 bits per heavy atom. The van der Waals surface area contributed by atoms with Crippen molar-refractivity contribution in [1.29, 1.82) is 0 Å². The van der Waals surface area contributed by atoms with Crippen LogP contribution in [0.1, 0.15) is 39.0 Å². The van der Waals surface area contributed by atoms with Gasteiger partial charge in [0.2, 0.25) is 15.8 Å². The molecule has 0 aliphatic heterocycles. The van der Waals surface area contributed by atoms with E-state index in [0.29, 0.717) is 22.6 Å². The summed E-state index contributed by atoms with van der Waals surface area (Å²) in [4.78, 5) is 25.6. The molecule has 0 bridgehead atoms. The number of carbonyl (C=O) groups excluding carboxylic acids is 2. The third-order valence-corrected chi connectivity index (χ3v) is 6.73. The number of Topliss-reactive ketones (excluding diaryl/α,β-unsaturated/α-hetero) is 1. The molecule has 0 amide bonds. The Balaban J connectivity index is 1.80. The third-order valence-electron chi connectivity index (χ3n) is 5.32. The number of aromatic nitrogens is 1. The summed E-state index contributed by atoms with van der Waals surface area (Å²) in [5.41, 5.74) is 2.21. The number of rotatable bonds is 9. The molecule has 186 valence electrons. The third kappa shape index (κ3) is 5.75. The molecule has 0 aliphatic rings. The fraction of sp³-hybridized carbons (Fsp3) is 0.250. The van der Waals surface area contributed by atoms with Gasteiger partial charge in [0.05, 0.1) is 10.5 Å². The van der Waals surface area contributed by atoms with Gasteiger partial charge in [-0.1, -0.05) is 6.07 Å². The Morgan fingerprint density at radius 3 is 2.29 bits per heavy atom. The number of nitrogens with one attached hydrogen (secondary N) is 1. The van der Waals surface area contributed by atoms with Crippen LogP contribution in [0.25, 0.3) is 5.69 Å². The Morgan fingerprint density at radius 1 is 1.03 bits per heavy atom. The highest BCUT2D eigenvalue weighted by atomic mass is 32.2. The standard InChI is InChI=1S/C24H24F2N2O6S/c1-14-12-21(15(2)28(14)18-8-10-19(11-9-18)34-24(25)26)22(29)16(3)33-23(30)17-6-5-7-20(13-17)35(31,32)27-4/h5-13,16,24,27H,1-4H3/t16-/m1/s1. The lowest BCUT2D eigenvalue weighted by Crippen LogP contribution is -2.25. The topological polar surface area (TPSA) is 104 Å². The minimum absolute atomic E-state index is 0.00892. The first-order chi connectivity index (χ1) is 16.4. The minimum atomic E-state index is -3.76. The van der Waals surface area contributed by atoms with Crippen LogP contribution >= 0.6 is 0 Å². The maximum absolute atomic E-state index is 13.1. The van der Waals surface area contributed by atoms with Crippen molar-refractivity contribution in [2.24, 2.45) is 0 Å². The van der Waals surface area contributed by atoms with E-state index in [1.807, 2.05) is 0 Å². The second-order valence-corrected chi connectivity index (χ2v) is 9.53. The van der Waals surface area contributed by atoms with Gasteiger partial charge in [-0.25, -0.2) is 17.9 Å². The smallest absolute Gasteiger partial charge is 0.387 e. The molecule has 0 aliphatic carbocycles. The maximum Gasteiger partial charge on any atom is 0.387 e. The van der Waals surface area contributed by atoms with Gasteiger partial charge in [0.1, 0.15) is 5.75 Å². The number of halogens is 2. The average molecular weight is 507 g/mol. The number of esters is 1. The van der Waals surface area contributed by atoms with Gasteiger partial charge in [-0.05, 0) is 76.3 Å². The van der Waals surface area contributed by atoms with Crippen LogP contribution in [0.2, 0.25) is 0 Å². The van der Waals surface area contributed by atoms with E-state index in [0.717, 1.165) is 0 Å². The number of aryl methyl sites for hydroxylation is 1. The molecule has 11 heteroatoms. The molecular formula is C24H24F2N2O6S. The van der Waals surface area contributed by atoms with Crippen molar-refractivity contribution >= 4 is 21.8 Å². The SMILES string of the molecule is CNS(=O)(=O)c1cccc(C(=O)O[C@H](C)C(=O)c2cc(C)n(-c3ccc(OC(F)F)cc3)c2C)c1. The van der Waals surface area contributed by atoms with Crippen molar-refractivity contribution in [2.45, 2.75) is 38.4 Å². The number of carbonyl (C=O) groups is 2. The van der Waals surface area contributed by atoms with Gasteiger partial charge in [0.25, 0.3) is 0 Å². The lowest BCUT2D eigenvalue weighted by molar-refractivity contribution is -0.0498. The molecule has 3 rings (SSSR count). The number of sulfonamides is 1. The van der Waals surface area contributed by atoms with Crippen molar-refractivity contribution in [2.75, 3.05) is 7.05 Å². The lowest BCUT2D eigenvalue weighted by Gasteiger charge is -2.14. The summed E-state index contributed by atoms with van der Waals surface area (Å²) < 4.78 is 62.4. The van der Waals surface area contributed by atoms with Crippen molar-refractivity contribution in [3.8, 4) is 11.4 Å². The highest BCUT2D eigenvalue weighted by Gasteiger charge is 2.25. The highest BCUT2D eigenvalue weighted by Crippen LogP contribution is 2.25. The minimum Gasteiger partial charge on any atom is -0.451 e. The van der Waals surface area contributed by atoms with Crippen LogP contribution in [0.15, 0.2) is 59.5 Å². The summed E-state index contributed by atoms with van der Waals surface area (Å²) in [6, 6.07) is 12.9. The van der Waals surface area contributed by atoms with E-state index in [2.05, 4.69) is 9.46 Å². The molecule has 0 fully saturated rings. The first-order valence-corrected chi connectivity index (χ1v) is 12.0. The average Bonchev–Trinajstić information content (AvgIpc) is 3.12. The van der Waals surface area contributed by atoms with Gasteiger partial charge < -0.3 is 14.0 Å². The van der Waals surface area contributed by atoms with Gasteiger partial charge in [-0.2, -0.15) is 8.78 Å². The number of ketones is 1. The highest BCUT2D eigenvalue weighted by molar-refractivity contribution is 7.89. The van der Waals surface area contributed by atoms with Gasteiger partial charge >= 0.3 is 12.6 Å². The number of hydrogen-bond donors (Lipinski definition) is 1. The Kier molecular flexibility index (Phi) is 7.71. The van der Waals surface area contributed by atoms with E-state index >= 15 is 0 Å². The van der Waals surface area contributed by atoms with Crippen molar-refractivity contribution < 1.29 is 36.3 Å². The molecule has 1 N–H and O–H groups in total. The number of hydrogen-bond acceptors (Lipinski definition) is 6. The molecule has 1 aromatic heterocycles.